The first kappa shape index (κ1) is 19.7. The number of nitrogens with zero attached hydrogens (tertiary/aromatic N) is 1. The number of likely N-dealkylation sites (tertiary alicyclic amines) is 1. The lowest BCUT2D eigenvalue weighted by molar-refractivity contribution is -0.0510. The van der Waals surface area contributed by atoms with Crippen LogP contribution in [0.2, 0.25) is 0 Å². The summed E-state index contributed by atoms with van der Waals surface area (Å²) >= 11 is 0. The second kappa shape index (κ2) is 8.19. The fraction of sp³-hybridized carbons (Fsp3) is 1.00. The van der Waals surface area contributed by atoms with Crippen LogP contribution in [0.4, 0.5) is 13.2 Å². The van der Waals surface area contributed by atoms with Gasteiger partial charge < -0.3 is 4.90 Å². The van der Waals surface area contributed by atoms with E-state index in [1.54, 1.807) is 0 Å². The van der Waals surface area contributed by atoms with Gasteiger partial charge in [0.2, 0.25) is 0 Å². The third kappa shape index (κ3) is 7.44. The molecule has 1 heterocycles. The molecule has 1 saturated heterocycles. The highest BCUT2D eigenvalue weighted by Crippen LogP contribution is 2.21. The lowest BCUT2D eigenvalue weighted by Gasteiger charge is -2.23. The standard InChI is InChI=1S/C11H23N.CHF3O3S/c1-4-5-6-11(3)12-8-7-10(2)9-12;2-1(3,4)8(5,6)7/h10-11H,4-9H2,1-3H3;(H,5,6,7). The molecule has 0 aliphatic carbocycles. The molecular weight excluding hydrogens is 295 g/mol. The molecule has 20 heavy (non-hydrogen) atoms. The molecule has 0 aromatic carbocycles. The summed E-state index contributed by atoms with van der Waals surface area (Å²) in [5, 5.41) is 0. The van der Waals surface area contributed by atoms with Crippen molar-refractivity contribution in [2.45, 2.75) is 58.0 Å². The zero-order valence-corrected chi connectivity index (χ0v) is 13.0. The quantitative estimate of drug-likeness (QED) is 0.638. The van der Waals surface area contributed by atoms with E-state index in [4.69, 9.17) is 13.0 Å². The fourth-order valence-electron chi connectivity index (χ4n) is 2.05. The fourth-order valence-corrected chi connectivity index (χ4v) is 2.05. The van der Waals surface area contributed by atoms with Gasteiger partial charge in [0.15, 0.2) is 0 Å². The summed E-state index contributed by atoms with van der Waals surface area (Å²) in [5.74, 6) is 0.939. The molecule has 0 bridgehead atoms. The minimum absolute atomic E-state index is 0.829. The van der Waals surface area contributed by atoms with Crippen molar-refractivity contribution < 1.29 is 26.1 Å². The minimum Gasteiger partial charge on any atom is -0.300 e. The molecule has 2 atom stereocenters. The van der Waals surface area contributed by atoms with E-state index in [9.17, 15) is 13.2 Å². The topological polar surface area (TPSA) is 57.6 Å². The van der Waals surface area contributed by atoms with Crippen molar-refractivity contribution in [3.63, 3.8) is 0 Å². The molecular formula is C12H24F3NO3S. The Hall–Kier alpha value is -0.340. The van der Waals surface area contributed by atoms with Crippen LogP contribution in [0.25, 0.3) is 0 Å². The molecule has 1 rings (SSSR count). The predicted molar refractivity (Wildman–Crippen MR) is 71.9 cm³/mol. The van der Waals surface area contributed by atoms with Crippen molar-refractivity contribution in [2.75, 3.05) is 13.1 Å². The second-order valence-corrected chi connectivity index (χ2v) is 6.71. The summed E-state index contributed by atoms with van der Waals surface area (Å²) in [4.78, 5) is 2.65. The van der Waals surface area contributed by atoms with Crippen LogP contribution in [0, 0.1) is 5.92 Å². The number of rotatable bonds is 4. The van der Waals surface area contributed by atoms with Gasteiger partial charge in [0.25, 0.3) is 0 Å². The number of hydrogen-bond donors (Lipinski definition) is 1. The third-order valence-electron chi connectivity index (χ3n) is 3.35. The first-order chi connectivity index (χ1) is 8.99. The summed E-state index contributed by atoms with van der Waals surface area (Å²) < 4.78 is 57.5. The maximum absolute atomic E-state index is 10.7. The summed E-state index contributed by atoms with van der Waals surface area (Å²) in [6.07, 6.45) is 5.54. The van der Waals surface area contributed by atoms with Crippen molar-refractivity contribution in [2.24, 2.45) is 5.92 Å². The molecule has 0 aromatic heterocycles. The highest BCUT2D eigenvalue weighted by Gasteiger charge is 2.44. The van der Waals surface area contributed by atoms with Gasteiger partial charge in [0.1, 0.15) is 0 Å². The first-order valence-electron chi connectivity index (χ1n) is 6.76. The first-order valence-corrected chi connectivity index (χ1v) is 8.20. The van der Waals surface area contributed by atoms with Gasteiger partial charge in [-0.15, -0.1) is 0 Å². The lowest BCUT2D eigenvalue weighted by Crippen LogP contribution is -2.30. The van der Waals surface area contributed by atoms with Gasteiger partial charge in [0, 0.05) is 12.6 Å². The van der Waals surface area contributed by atoms with Crippen LogP contribution in [0.3, 0.4) is 0 Å². The number of hydrogen-bond acceptors (Lipinski definition) is 3. The van der Waals surface area contributed by atoms with Crippen LogP contribution in [-0.2, 0) is 10.1 Å². The van der Waals surface area contributed by atoms with Crippen LogP contribution in [0.1, 0.15) is 46.5 Å². The van der Waals surface area contributed by atoms with Crippen LogP contribution in [-0.4, -0.2) is 42.5 Å². The van der Waals surface area contributed by atoms with Gasteiger partial charge >= 0.3 is 15.6 Å². The summed E-state index contributed by atoms with van der Waals surface area (Å²) in [6, 6.07) is 0.829. The van der Waals surface area contributed by atoms with E-state index in [0.29, 0.717) is 0 Å². The largest absolute Gasteiger partial charge is 0.522 e. The second-order valence-electron chi connectivity index (χ2n) is 5.30. The molecule has 2 unspecified atom stereocenters. The molecule has 1 fully saturated rings. The van der Waals surface area contributed by atoms with E-state index in [-0.39, 0.29) is 0 Å². The van der Waals surface area contributed by atoms with E-state index in [2.05, 4.69) is 25.7 Å². The summed E-state index contributed by atoms with van der Waals surface area (Å²) in [7, 11) is -5.84. The summed E-state index contributed by atoms with van der Waals surface area (Å²) in [5.41, 5.74) is -5.53. The maximum atomic E-state index is 10.7. The van der Waals surface area contributed by atoms with E-state index in [1.165, 1.54) is 38.8 Å². The minimum atomic E-state index is -5.84. The Labute approximate surface area is 119 Å². The third-order valence-corrected chi connectivity index (χ3v) is 3.93. The zero-order chi connectivity index (χ0) is 16.0. The average Bonchev–Trinajstić information content (AvgIpc) is 2.71. The highest BCUT2D eigenvalue weighted by atomic mass is 32.2. The van der Waals surface area contributed by atoms with E-state index in [0.717, 1.165) is 12.0 Å². The Morgan fingerprint density at radius 2 is 1.90 bits per heavy atom. The van der Waals surface area contributed by atoms with Crippen LogP contribution in [0.15, 0.2) is 0 Å². The zero-order valence-electron chi connectivity index (χ0n) is 12.2. The molecule has 0 saturated carbocycles. The Balaban J connectivity index is 0.000000396. The number of halogens is 3. The van der Waals surface area contributed by atoms with Crippen molar-refractivity contribution >= 4 is 10.1 Å². The number of unbranched alkanes of at least 4 members (excludes halogenated alkanes) is 1. The monoisotopic (exact) mass is 319 g/mol. The van der Waals surface area contributed by atoms with E-state index >= 15 is 0 Å². The Bertz CT molecular complexity index is 371. The normalized spacial score (nSPS) is 22.2. The van der Waals surface area contributed by atoms with Crippen molar-refractivity contribution in [1.29, 1.82) is 0 Å². The SMILES string of the molecule is CCCCC(C)N1CCC(C)C1.O=S(=O)(O)C(F)(F)F. The van der Waals surface area contributed by atoms with Gasteiger partial charge in [-0.25, -0.2) is 0 Å². The van der Waals surface area contributed by atoms with Crippen molar-refractivity contribution in [3.8, 4) is 0 Å². The van der Waals surface area contributed by atoms with Crippen LogP contribution < -0.4 is 0 Å². The molecule has 1 aliphatic heterocycles. The molecule has 8 heteroatoms. The number of alkyl halides is 3. The maximum Gasteiger partial charge on any atom is 0.522 e. The molecule has 0 amide bonds. The van der Waals surface area contributed by atoms with Crippen molar-refractivity contribution in [3.05, 3.63) is 0 Å². The van der Waals surface area contributed by atoms with Gasteiger partial charge in [-0.1, -0.05) is 26.7 Å². The molecule has 0 spiro atoms. The highest BCUT2D eigenvalue weighted by molar-refractivity contribution is 7.86. The average molecular weight is 319 g/mol. The summed E-state index contributed by atoms with van der Waals surface area (Å²) in [6.45, 7) is 9.70. The molecule has 1 aliphatic rings. The molecule has 0 aromatic rings. The van der Waals surface area contributed by atoms with Gasteiger partial charge in [-0.05, 0) is 32.2 Å². The van der Waals surface area contributed by atoms with E-state index in [1.807, 2.05) is 0 Å². The Kier molecular flexibility index (Phi) is 8.05. The smallest absolute Gasteiger partial charge is 0.300 e. The molecule has 0 radical (unpaired) electrons. The van der Waals surface area contributed by atoms with Crippen LogP contribution >= 0.6 is 0 Å². The van der Waals surface area contributed by atoms with Gasteiger partial charge in [-0.2, -0.15) is 21.6 Å². The molecule has 1 N–H and O–H groups in total. The predicted octanol–water partition coefficient (Wildman–Crippen LogP) is 3.30. The molecule has 122 valence electrons. The lowest BCUT2D eigenvalue weighted by atomic mass is 10.1. The Morgan fingerprint density at radius 3 is 2.20 bits per heavy atom. The van der Waals surface area contributed by atoms with Gasteiger partial charge in [-0.3, -0.25) is 4.55 Å². The van der Waals surface area contributed by atoms with Gasteiger partial charge in [0.05, 0.1) is 0 Å². The van der Waals surface area contributed by atoms with Crippen molar-refractivity contribution in [1.82, 2.24) is 4.90 Å². The Morgan fingerprint density at radius 1 is 1.40 bits per heavy atom. The van der Waals surface area contributed by atoms with Crippen LogP contribution in [0.5, 0.6) is 0 Å². The molecule has 4 nitrogen and oxygen atoms in total. The van der Waals surface area contributed by atoms with E-state index < -0.39 is 15.6 Å².